The van der Waals surface area contributed by atoms with E-state index in [2.05, 4.69) is 56.9 Å². The van der Waals surface area contributed by atoms with E-state index in [-0.39, 0.29) is 18.1 Å². The van der Waals surface area contributed by atoms with Gasteiger partial charge in [-0.2, -0.15) is 0 Å². The molecule has 0 unspecified atom stereocenters. The van der Waals surface area contributed by atoms with Crippen LogP contribution < -0.4 is 27.8 Å². The Morgan fingerprint density at radius 1 is 0.968 bits per heavy atom. The maximum atomic E-state index is 6.07. The molecule has 0 saturated carbocycles. The third-order valence-electron chi connectivity index (χ3n) is 5.75. The van der Waals surface area contributed by atoms with Gasteiger partial charge in [0, 0.05) is 18.8 Å². The maximum absolute atomic E-state index is 6.07. The molecular formula is C23H32N8. The summed E-state index contributed by atoms with van der Waals surface area (Å²) in [7, 11) is 0. The van der Waals surface area contributed by atoms with E-state index >= 15 is 0 Å². The Bertz CT molecular complexity index is 909. The normalized spacial score (nSPS) is 22.8. The number of hydrogen-bond donors (Lipinski definition) is 5. The molecule has 164 valence electrons. The Morgan fingerprint density at radius 2 is 1.71 bits per heavy atom. The summed E-state index contributed by atoms with van der Waals surface area (Å²) in [6.45, 7) is 2.82. The second kappa shape index (κ2) is 9.80. The van der Waals surface area contributed by atoms with Crippen LogP contribution in [0.5, 0.6) is 0 Å². The van der Waals surface area contributed by atoms with Crippen molar-refractivity contribution >= 4 is 17.6 Å². The Morgan fingerprint density at radius 3 is 2.42 bits per heavy atom. The van der Waals surface area contributed by atoms with Crippen LogP contribution in [-0.2, 0) is 6.54 Å². The molecule has 8 heteroatoms. The predicted molar refractivity (Wildman–Crippen MR) is 127 cm³/mol. The molecule has 0 aromatic heterocycles. The van der Waals surface area contributed by atoms with Crippen molar-refractivity contribution in [2.24, 2.45) is 27.2 Å². The molecule has 2 aliphatic heterocycles. The van der Waals surface area contributed by atoms with Crippen LogP contribution in [0.2, 0.25) is 0 Å². The van der Waals surface area contributed by atoms with E-state index < -0.39 is 0 Å². The minimum Gasteiger partial charge on any atom is -0.370 e. The average Bonchev–Trinajstić information content (AvgIpc) is 3.33. The molecular weight excluding hydrogens is 388 g/mol. The fraction of sp³-hybridized carbons (Fsp3) is 0.391. The van der Waals surface area contributed by atoms with E-state index in [1.807, 2.05) is 18.2 Å². The second-order valence-corrected chi connectivity index (χ2v) is 8.08. The largest absolute Gasteiger partial charge is 0.370 e. The summed E-state index contributed by atoms with van der Waals surface area (Å²) in [5.41, 5.74) is 20.9. The third kappa shape index (κ3) is 5.15. The lowest BCUT2D eigenvalue weighted by Gasteiger charge is -2.19. The molecule has 2 aliphatic rings. The first-order chi connectivity index (χ1) is 15.2. The van der Waals surface area contributed by atoms with E-state index in [4.69, 9.17) is 22.2 Å². The molecule has 0 fully saturated rings. The van der Waals surface area contributed by atoms with Gasteiger partial charge in [0.25, 0.3) is 0 Å². The van der Waals surface area contributed by atoms with Crippen molar-refractivity contribution < 1.29 is 0 Å². The topological polar surface area (TPSA) is 130 Å². The lowest BCUT2D eigenvalue weighted by Crippen LogP contribution is -2.36. The predicted octanol–water partition coefficient (Wildman–Crippen LogP) is 1.36. The van der Waals surface area contributed by atoms with Gasteiger partial charge in [-0.15, -0.1) is 0 Å². The standard InChI is InChI=1S/C23H32N8/c24-12-10-19-15-31(22(26)27-19)14-16-6-8-18(9-7-16)28-23-29-20(11-13-25)21(30-23)17-4-2-1-3-5-17/h1-9,19-21H,10-15,24-25H2,(H2,26,27)(H2,28,29,30)/t19-,20-,21+/m1/s1. The molecule has 0 aliphatic carbocycles. The second-order valence-electron chi connectivity index (χ2n) is 8.08. The molecule has 8 nitrogen and oxygen atoms in total. The molecule has 3 atom stereocenters. The Labute approximate surface area is 183 Å². The Kier molecular flexibility index (Phi) is 6.69. The molecule has 4 rings (SSSR count). The number of aliphatic imine (C=N–C) groups is 2. The molecule has 0 radical (unpaired) electrons. The first-order valence-corrected chi connectivity index (χ1v) is 10.9. The van der Waals surface area contributed by atoms with Crippen molar-refractivity contribution in [1.82, 2.24) is 10.2 Å². The fourth-order valence-corrected chi connectivity index (χ4v) is 4.16. The summed E-state index contributed by atoms with van der Waals surface area (Å²) in [6.07, 6.45) is 1.72. The first-order valence-electron chi connectivity index (χ1n) is 10.9. The highest BCUT2D eigenvalue weighted by atomic mass is 15.3. The minimum atomic E-state index is 0.0606. The number of benzene rings is 2. The van der Waals surface area contributed by atoms with Gasteiger partial charge in [-0.25, -0.2) is 9.98 Å². The average molecular weight is 421 g/mol. The van der Waals surface area contributed by atoms with Crippen LogP contribution >= 0.6 is 0 Å². The lowest BCUT2D eigenvalue weighted by molar-refractivity contribution is 0.408. The number of nitrogens with zero attached hydrogens (tertiary/aromatic N) is 3. The summed E-state index contributed by atoms with van der Waals surface area (Å²) in [5.74, 6) is 1.38. The summed E-state index contributed by atoms with van der Waals surface area (Å²) in [4.78, 5) is 11.5. The van der Waals surface area contributed by atoms with Crippen LogP contribution in [0.1, 0.15) is 30.0 Å². The van der Waals surface area contributed by atoms with Crippen LogP contribution in [0.15, 0.2) is 64.6 Å². The quantitative estimate of drug-likeness (QED) is 0.438. The highest BCUT2D eigenvalue weighted by Crippen LogP contribution is 2.27. The van der Waals surface area contributed by atoms with Crippen LogP contribution in [-0.4, -0.2) is 48.5 Å². The fourth-order valence-electron chi connectivity index (χ4n) is 4.16. The third-order valence-corrected chi connectivity index (χ3v) is 5.75. The highest BCUT2D eigenvalue weighted by Gasteiger charge is 2.29. The van der Waals surface area contributed by atoms with Crippen LogP contribution in [0.3, 0.4) is 0 Å². The zero-order valence-corrected chi connectivity index (χ0v) is 17.7. The molecule has 0 amide bonds. The van der Waals surface area contributed by atoms with E-state index in [9.17, 15) is 0 Å². The van der Waals surface area contributed by atoms with Gasteiger partial charge in [-0.1, -0.05) is 42.5 Å². The van der Waals surface area contributed by atoms with Crippen molar-refractivity contribution in [2.75, 3.05) is 25.0 Å². The SMILES string of the molecule is NCC[C@@H]1CN(Cc2ccc(NC3=N[C@@H](c4ccccc4)[C@@H](CCN)N3)cc2)C(N)=N1. The molecule has 2 aromatic rings. The van der Waals surface area contributed by atoms with Crippen LogP contribution in [0.4, 0.5) is 5.69 Å². The number of guanidine groups is 2. The molecule has 2 heterocycles. The Hall–Kier alpha value is -3.10. The van der Waals surface area contributed by atoms with Gasteiger partial charge >= 0.3 is 0 Å². The molecule has 2 aromatic carbocycles. The maximum Gasteiger partial charge on any atom is 0.196 e. The van der Waals surface area contributed by atoms with Gasteiger partial charge in [0.05, 0.1) is 18.1 Å². The lowest BCUT2D eigenvalue weighted by atomic mass is 9.99. The van der Waals surface area contributed by atoms with E-state index in [0.29, 0.717) is 19.0 Å². The zero-order valence-electron chi connectivity index (χ0n) is 17.7. The van der Waals surface area contributed by atoms with Crippen molar-refractivity contribution in [3.8, 4) is 0 Å². The molecule has 0 spiro atoms. The Balaban J connectivity index is 1.38. The van der Waals surface area contributed by atoms with Crippen molar-refractivity contribution in [3.63, 3.8) is 0 Å². The van der Waals surface area contributed by atoms with Gasteiger partial charge in [0.2, 0.25) is 0 Å². The number of nitrogens with two attached hydrogens (primary N) is 3. The minimum absolute atomic E-state index is 0.0606. The monoisotopic (exact) mass is 420 g/mol. The summed E-state index contributed by atoms with van der Waals surface area (Å²) in [6, 6.07) is 19.1. The number of rotatable bonds is 8. The first kappa shape index (κ1) is 21.1. The van der Waals surface area contributed by atoms with E-state index in [1.165, 1.54) is 11.1 Å². The van der Waals surface area contributed by atoms with Gasteiger partial charge in [0.1, 0.15) is 0 Å². The number of hydrogen-bond acceptors (Lipinski definition) is 8. The number of anilines is 1. The van der Waals surface area contributed by atoms with Gasteiger partial charge in [0.15, 0.2) is 11.9 Å². The van der Waals surface area contributed by atoms with Crippen molar-refractivity contribution in [2.45, 2.75) is 37.5 Å². The molecule has 0 saturated heterocycles. The highest BCUT2D eigenvalue weighted by molar-refractivity contribution is 5.95. The van der Waals surface area contributed by atoms with Gasteiger partial charge in [-0.05, 0) is 49.2 Å². The van der Waals surface area contributed by atoms with Crippen molar-refractivity contribution in [3.05, 3.63) is 65.7 Å². The molecule has 0 bridgehead atoms. The summed E-state index contributed by atoms with van der Waals surface area (Å²) in [5, 5.41) is 6.90. The van der Waals surface area contributed by atoms with Crippen LogP contribution in [0, 0.1) is 0 Å². The zero-order chi connectivity index (χ0) is 21.6. The molecule has 31 heavy (non-hydrogen) atoms. The molecule has 8 N–H and O–H groups in total. The van der Waals surface area contributed by atoms with Crippen molar-refractivity contribution in [1.29, 1.82) is 0 Å². The van der Waals surface area contributed by atoms with E-state index in [1.54, 1.807) is 0 Å². The summed E-state index contributed by atoms with van der Waals surface area (Å²) >= 11 is 0. The van der Waals surface area contributed by atoms with E-state index in [0.717, 1.165) is 37.6 Å². The number of nitrogens with one attached hydrogen (secondary N) is 2. The van der Waals surface area contributed by atoms with Crippen LogP contribution in [0.25, 0.3) is 0 Å². The van der Waals surface area contributed by atoms with Gasteiger partial charge in [-0.3, -0.25) is 0 Å². The van der Waals surface area contributed by atoms with Gasteiger partial charge < -0.3 is 32.7 Å². The smallest absolute Gasteiger partial charge is 0.196 e. The summed E-state index contributed by atoms with van der Waals surface area (Å²) < 4.78 is 0.